The molecule has 84 valence electrons. The Morgan fingerprint density at radius 1 is 1.67 bits per heavy atom. The van der Waals surface area contributed by atoms with Crippen molar-refractivity contribution in [3.8, 4) is 0 Å². The summed E-state index contributed by atoms with van der Waals surface area (Å²) in [4.78, 5) is 0. The van der Waals surface area contributed by atoms with Crippen molar-refractivity contribution in [2.75, 3.05) is 0 Å². The molecule has 1 fully saturated rings. The Labute approximate surface area is 91.7 Å². The maximum Gasteiger partial charge on any atom is 0.0492 e. The van der Waals surface area contributed by atoms with Gasteiger partial charge in [-0.15, -0.1) is 0 Å². The van der Waals surface area contributed by atoms with E-state index in [1.54, 1.807) is 0 Å². The van der Waals surface area contributed by atoms with Crippen LogP contribution in [0.5, 0.6) is 0 Å². The minimum Gasteiger partial charge on any atom is -0.328 e. The Bertz CT molecular complexity index is 331. The highest BCUT2D eigenvalue weighted by Crippen LogP contribution is 2.39. The monoisotopic (exact) mass is 207 g/mol. The molecule has 1 aliphatic carbocycles. The van der Waals surface area contributed by atoms with Gasteiger partial charge in [-0.25, -0.2) is 0 Å². The maximum atomic E-state index is 6.01. The van der Waals surface area contributed by atoms with Crippen molar-refractivity contribution in [1.29, 1.82) is 0 Å². The molecule has 0 aliphatic heterocycles. The average Bonchev–Trinajstić information content (AvgIpc) is 2.75. The molecule has 1 saturated carbocycles. The van der Waals surface area contributed by atoms with E-state index in [1.807, 2.05) is 6.20 Å². The van der Waals surface area contributed by atoms with Gasteiger partial charge in [0.1, 0.15) is 0 Å². The minimum absolute atomic E-state index is 0.255. The van der Waals surface area contributed by atoms with E-state index in [1.165, 1.54) is 12.1 Å². The summed E-state index contributed by atoms with van der Waals surface area (Å²) in [5.41, 5.74) is 7.64. The Morgan fingerprint density at radius 2 is 2.47 bits per heavy atom. The van der Waals surface area contributed by atoms with Crippen LogP contribution in [0.25, 0.3) is 0 Å². The lowest BCUT2D eigenvalue weighted by Gasteiger charge is -2.25. The number of hydrogen-bond donors (Lipinski definition) is 1. The lowest BCUT2D eigenvalue weighted by molar-refractivity contribution is 0.421. The molecular formula is C12H21N3. The van der Waals surface area contributed by atoms with E-state index in [-0.39, 0.29) is 5.41 Å². The molecule has 2 atom stereocenters. The minimum atomic E-state index is 0.255. The first-order valence-corrected chi connectivity index (χ1v) is 5.93. The van der Waals surface area contributed by atoms with Gasteiger partial charge in [-0.2, -0.15) is 5.10 Å². The largest absolute Gasteiger partial charge is 0.328 e. The van der Waals surface area contributed by atoms with Gasteiger partial charge in [0.05, 0.1) is 0 Å². The smallest absolute Gasteiger partial charge is 0.0492 e. The third kappa shape index (κ3) is 1.93. The molecule has 3 nitrogen and oxygen atoms in total. The van der Waals surface area contributed by atoms with Crippen molar-refractivity contribution < 1.29 is 0 Å². The van der Waals surface area contributed by atoms with Crippen LogP contribution in [0.3, 0.4) is 0 Å². The summed E-state index contributed by atoms with van der Waals surface area (Å²) in [6, 6.07) is 2.54. The molecule has 1 aliphatic rings. The van der Waals surface area contributed by atoms with Crippen LogP contribution < -0.4 is 5.73 Å². The number of hydrogen-bond acceptors (Lipinski definition) is 2. The molecule has 1 aromatic heterocycles. The Balaban J connectivity index is 2.24. The van der Waals surface area contributed by atoms with Crippen LogP contribution in [0.1, 0.15) is 45.2 Å². The van der Waals surface area contributed by atoms with Crippen molar-refractivity contribution in [1.82, 2.24) is 9.78 Å². The molecule has 1 heterocycles. The van der Waals surface area contributed by atoms with E-state index in [2.05, 4.69) is 29.7 Å². The standard InChI is InChI=1S/C12H21N3/c1-3-8-15-11(5-7-14-15)12(2)6-4-10(13)9-12/h5,7,10H,3-4,6,8-9,13H2,1-2H3. The van der Waals surface area contributed by atoms with Crippen LogP contribution in [0.2, 0.25) is 0 Å². The van der Waals surface area contributed by atoms with Gasteiger partial charge in [0.25, 0.3) is 0 Å². The van der Waals surface area contributed by atoms with Crippen LogP contribution in [-0.4, -0.2) is 15.8 Å². The molecule has 0 saturated heterocycles. The molecule has 1 aromatic rings. The first kappa shape index (κ1) is 10.7. The fraction of sp³-hybridized carbons (Fsp3) is 0.750. The Hall–Kier alpha value is -0.830. The zero-order valence-corrected chi connectivity index (χ0v) is 9.74. The molecule has 0 radical (unpaired) electrons. The predicted octanol–water partition coefficient (Wildman–Crippen LogP) is 2.06. The molecule has 0 amide bonds. The molecule has 0 aromatic carbocycles. The third-order valence-corrected chi connectivity index (χ3v) is 3.55. The second kappa shape index (κ2) is 3.97. The summed E-state index contributed by atoms with van der Waals surface area (Å²) in [5.74, 6) is 0. The zero-order chi connectivity index (χ0) is 10.9. The van der Waals surface area contributed by atoms with E-state index in [0.717, 1.165) is 25.8 Å². The molecule has 3 heteroatoms. The quantitative estimate of drug-likeness (QED) is 0.824. The lowest BCUT2D eigenvalue weighted by Crippen LogP contribution is -2.25. The second-order valence-corrected chi connectivity index (χ2v) is 5.00. The SMILES string of the molecule is CCCn1nccc1C1(C)CCC(N)C1. The summed E-state index contributed by atoms with van der Waals surface area (Å²) < 4.78 is 2.15. The second-order valence-electron chi connectivity index (χ2n) is 5.00. The predicted molar refractivity (Wildman–Crippen MR) is 61.7 cm³/mol. The van der Waals surface area contributed by atoms with Crippen molar-refractivity contribution in [2.24, 2.45) is 5.73 Å². The normalized spacial score (nSPS) is 31.0. The average molecular weight is 207 g/mol. The molecule has 0 bridgehead atoms. The zero-order valence-electron chi connectivity index (χ0n) is 9.74. The highest BCUT2D eigenvalue weighted by molar-refractivity contribution is 5.18. The van der Waals surface area contributed by atoms with Gasteiger partial charge in [0.2, 0.25) is 0 Å². The Kier molecular flexibility index (Phi) is 2.83. The molecule has 2 unspecified atom stereocenters. The van der Waals surface area contributed by atoms with Crippen molar-refractivity contribution in [3.63, 3.8) is 0 Å². The van der Waals surface area contributed by atoms with Crippen LogP contribution in [0, 0.1) is 0 Å². The van der Waals surface area contributed by atoms with E-state index in [0.29, 0.717) is 6.04 Å². The summed E-state index contributed by atoms with van der Waals surface area (Å²) >= 11 is 0. The lowest BCUT2D eigenvalue weighted by atomic mass is 9.84. The molecule has 15 heavy (non-hydrogen) atoms. The third-order valence-electron chi connectivity index (χ3n) is 3.55. The summed E-state index contributed by atoms with van der Waals surface area (Å²) in [6.07, 6.45) is 6.50. The highest BCUT2D eigenvalue weighted by Gasteiger charge is 2.37. The summed E-state index contributed by atoms with van der Waals surface area (Å²) in [7, 11) is 0. The fourth-order valence-electron chi connectivity index (χ4n) is 2.75. The van der Waals surface area contributed by atoms with Gasteiger partial charge >= 0.3 is 0 Å². The summed E-state index contributed by atoms with van der Waals surface area (Å²) in [5, 5.41) is 4.40. The van der Waals surface area contributed by atoms with E-state index in [9.17, 15) is 0 Å². The van der Waals surface area contributed by atoms with Crippen molar-refractivity contribution in [3.05, 3.63) is 18.0 Å². The maximum absolute atomic E-state index is 6.01. The highest BCUT2D eigenvalue weighted by atomic mass is 15.3. The number of nitrogens with two attached hydrogens (primary N) is 1. The van der Waals surface area contributed by atoms with Crippen LogP contribution in [0.4, 0.5) is 0 Å². The van der Waals surface area contributed by atoms with Gasteiger partial charge in [0.15, 0.2) is 0 Å². The fourth-order valence-corrected chi connectivity index (χ4v) is 2.75. The summed E-state index contributed by atoms with van der Waals surface area (Å²) in [6.45, 7) is 5.53. The first-order valence-electron chi connectivity index (χ1n) is 5.93. The van der Waals surface area contributed by atoms with Crippen LogP contribution in [0.15, 0.2) is 12.3 Å². The number of nitrogens with zero attached hydrogens (tertiary/aromatic N) is 2. The van der Waals surface area contributed by atoms with Gasteiger partial charge in [-0.1, -0.05) is 13.8 Å². The van der Waals surface area contributed by atoms with Crippen molar-refractivity contribution >= 4 is 0 Å². The van der Waals surface area contributed by atoms with E-state index >= 15 is 0 Å². The molecule has 0 spiro atoms. The molecular weight excluding hydrogens is 186 g/mol. The first-order chi connectivity index (χ1) is 7.15. The number of rotatable bonds is 3. The van der Waals surface area contributed by atoms with Crippen LogP contribution >= 0.6 is 0 Å². The van der Waals surface area contributed by atoms with Crippen LogP contribution in [-0.2, 0) is 12.0 Å². The topological polar surface area (TPSA) is 43.8 Å². The van der Waals surface area contributed by atoms with Gasteiger partial charge in [-0.05, 0) is 31.7 Å². The van der Waals surface area contributed by atoms with E-state index in [4.69, 9.17) is 5.73 Å². The van der Waals surface area contributed by atoms with E-state index < -0.39 is 0 Å². The molecule has 2 rings (SSSR count). The van der Waals surface area contributed by atoms with Gasteiger partial charge in [0, 0.05) is 29.9 Å². The van der Waals surface area contributed by atoms with Gasteiger partial charge in [-0.3, -0.25) is 4.68 Å². The Morgan fingerprint density at radius 3 is 3.07 bits per heavy atom. The van der Waals surface area contributed by atoms with Crippen molar-refractivity contribution in [2.45, 2.75) is 57.5 Å². The van der Waals surface area contributed by atoms with Gasteiger partial charge < -0.3 is 5.73 Å². The number of aryl methyl sites for hydroxylation is 1. The number of aromatic nitrogens is 2. The molecule has 2 N–H and O–H groups in total.